The molecule has 0 aliphatic heterocycles. The van der Waals surface area contributed by atoms with Crippen LogP contribution < -0.4 is 11.1 Å². The summed E-state index contributed by atoms with van der Waals surface area (Å²) in [5.74, 6) is 2.42. The van der Waals surface area contributed by atoms with E-state index in [-0.39, 0.29) is 5.41 Å². The minimum Gasteiger partial charge on any atom is -0.386 e. The quantitative estimate of drug-likeness (QED) is 0.472. The summed E-state index contributed by atoms with van der Waals surface area (Å²) in [6.45, 7) is 11.5. The molecule has 31 heavy (non-hydrogen) atoms. The zero-order valence-corrected chi connectivity index (χ0v) is 21.3. The van der Waals surface area contributed by atoms with E-state index in [0.717, 1.165) is 17.7 Å². The topological polar surface area (TPSA) is 38.0 Å². The standard InChI is InChI=1S/C25H37N.C2H5Cl.CH5N/c1-19-14-21-16-24(3,20(2)26-23-12-8-5-9-13-23)18-25(15-19,17-21)22-10-6-4-7-11-22;1-2-3;1-2/h4,6-7,10-11,19,21,23,26H,2,5,8-9,12-18H2,1,3H3;2H2,1H3;2H2,1H3. The van der Waals surface area contributed by atoms with Crippen molar-refractivity contribution in [3.05, 3.63) is 48.2 Å². The highest BCUT2D eigenvalue weighted by atomic mass is 35.5. The molecule has 1 aromatic carbocycles. The third-order valence-corrected chi connectivity index (χ3v) is 7.72. The minimum absolute atomic E-state index is 0.232. The molecule has 4 rings (SSSR count). The molecule has 0 amide bonds. The second-order valence-corrected chi connectivity index (χ2v) is 11.0. The Labute approximate surface area is 197 Å². The van der Waals surface area contributed by atoms with Crippen LogP contribution in [-0.4, -0.2) is 19.0 Å². The Morgan fingerprint density at radius 1 is 1.10 bits per heavy atom. The van der Waals surface area contributed by atoms with Gasteiger partial charge in [-0.25, -0.2) is 0 Å². The molecule has 1 aromatic rings. The first-order chi connectivity index (χ1) is 14.9. The number of rotatable bonds is 4. The van der Waals surface area contributed by atoms with Gasteiger partial charge in [-0.15, -0.1) is 11.6 Å². The summed E-state index contributed by atoms with van der Waals surface area (Å²) in [6, 6.07) is 12.1. The van der Waals surface area contributed by atoms with Crippen LogP contribution in [0.2, 0.25) is 0 Å². The number of allylic oxidation sites excluding steroid dienone is 1. The molecular weight excluding hydrogens is 400 g/mol. The molecule has 4 unspecified atom stereocenters. The Balaban J connectivity index is 0.000000630. The van der Waals surface area contributed by atoms with Gasteiger partial charge in [0.1, 0.15) is 0 Å². The monoisotopic (exact) mass is 446 g/mol. The van der Waals surface area contributed by atoms with Crippen molar-refractivity contribution in [3.8, 4) is 0 Å². The number of alkyl halides is 1. The first-order valence-corrected chi connectivity index (χ1v) is 13.1. The summed E-state index contributed by atoms with van der Waals surface area (Å²) >= 11 is 5.00. The van der Waals surface area contributed by atoms with E-state index < -0.39 is 0 Å². The fourth-order valence-corrected chi connectivity index (χ4v) is 6.82. The van der Waals surface area contributed by atoms with Gasteiger partial charge in [0.05, 0.1) is 0 Å². The molecule has 0 heterocycles. The first kappa shape index (κ1) is 26.3. The van der Waals surface area contributed by atoms with Gasteiger partial charge < -0.3 is 11.1 Å². The maximum Gasteiger partial charge on any atom is 0.0258 e. The molecule has 0 radical (unpaired) electrons. The van der Waals surface area contributed by atoms with Crippen molar-refractivity contribution < 1.29 is 0 Å². The second-order valence-electron chi connectivity index (χ2n) is 10.4. The van der Waals surface area contributed by atoms with Crippen LogP contribution in [0.3, 0.4) is 0 Å². The molecule has 0 aromatic heterocycles. The minimum atomic E-state index is 0.232. The van der Waals surface area contributed by atoms with Crippen LogP contribution in [-0.2, 0) is 5.41 Å². The molecule has 2 bridgehead atoms. The average Bonchev–Trinajstić information content (AvgIpc) is 2.76. The smallest absolute Gasteiger partial charge is 0.0258 e. The SMILES string of the molecule is C=C(NC1CCCCC1)C1(C)CC2CC(C)CC(c3ccccc3)(C2)C1.CCCl.CN. The maximum absolute atomic E-state index is 5.00. The van der Waals surface area contributed by atoms with Gasteiger partial charge >= 0.3 is 0 Å². The van der Waals surface area contributed by atoms with Crippen LogP contribution in [0.4, 0.5) is 0 Å². The van der Waals surface area contributed by atoms with Crippen LogP contribution in [0.15, 0.2) is 42.6 Å². The average molecular weight is 447 g/mol. The van der Waals surface area contributed by atoms with Crippen molar-refractivity contribution >= 4 is 11.6 Å². The van der Waals surface area contributed by atoms with Crippen molar-refractivity contribution in [1.29, 1.82) is 0 Å². The largest absolute Gasteiger partial charge is 0.386 e. The van der Waals surface area contributed by atoms with E-state index >= 15 is 0 Å². The van der Waals surface area contributed by atoms with Crippen LogP contribution in [0.1, 0.15) is 90.5 Å². The van der Waals surface area contributed by atoms with Gasteiger partial charge in [-0.05, 0) is 74.8 Å². The number of benzene rings is 1. The molecule has 3 heteroatoms. The highest BCUT2D eigenvalue weighted by molar-refractivity contribution is 6.17. The third kappa shape index (κ3) is 6.75. The number of halogens is 1. The summed E-state index contributed by atoms with van der Waals surface area (Å²) in [5.41, 5.74) is 8.00. The van der Waals surface area contributed by atoms with Crippen molar-refractivity contribution in [3.63, 3.8) is 0 Å². The van der Waals surface area contributed by atoms with E-state index in [0.29, 0.717) is 11.5 Å². The Morgan fingerprint density at radius 2 is 1.71 bits per heavy atom. The molecule has 0 saturated heterocycles. The van der Waals surface area contributed by atoms with E-state index in [9.17, 15) is 0 Å². The highest BCUT2D eigenvalue weighted by Crippen LogP contribution is 2.59. The van der Waals surface area contributed by atoms with Gasteiger partial charge in [-0.1, -0.05) is 76.9 Å². The number of hydrogen-bond donors (Lipinski definition) is 2. The van der Waals surface area contributed by atoms with Crippen molar-refractivity contribution in [2.24, 2.45) is 23.0 Å². The number of nitrogens with two attached hydrogens (primary N) is 1. The van der Waals surface area contributed by atoms with Crippen LogP contribution >= 0.6 is 11.6 Å². The Kier molecular flexibility index (Phi) is 10.4. The van der Waals surface area contributed by atoms with Gasteiger partial charge in [0.2, 0.25) is 0 Å². The second kappa shape index (κ2) is 12.3. The fraction of sp³-hybridized carbons (Fsp3) is 0.714. The normalized spacial score (nSPS) is 32.6. The molecule has 2 nitrogen and oxygen atoms in total. The Bertz CT molecular complexity index is 650. The van der Waals surface area contributed by atoms with Gasteiger partial charge in [0.15, 0.2) is 0 Å². The van der Waals surface area contributed by atoms with Gasteiger partial charge in [-0.2, -0.15) is 0 Å². The van der Waals surface area contributed by atoms with Gasteiger partial charge in [0, 0.05) is 23.0 Å². The molecular formula is C28H47ClN2. The summed E-state index contributed by atoms with van der Waals surface area (Å²) in [4.78, 5) is 0. The number of nitrogens with one attached hydrogen (secondary N) is 1. The van der Waals surface area contributed by atoms with Crippen molar-refractivity contribution in [2.75, 3.05) is 12.9 Å². The van der Waals surface area contributed by atoms with Gasteiger partial charge in [-0.3, -0.25) is 0 Å². The van der Waals surface area contributed by atoms with E-state index in [1.807, 2.05) is 6.92 Å². The molecule has 3 saturated carbocycles. The zero-order valence-electron chi connectivity index (χ0n) is 20.6. The van der Waals surface area contributed by atoms with E-state index in [2.05, 4.69) is 61.8 Å². The van der Waals surface area contributed by atoms with Crippen LogP contribution in [0.5, 0.6) is 0 Å². The summed E-state index contributed by atoms with van der Waals surface area (Å²) < 4.78 is 0. The van der Waals surface area contributed by atoms with Gasteiger partial charge in [0.25, 0.3) is 0 Å². The summed E-state index contributed by atoms with van der Waals surface area (Å²) in [7, 11) is 1.50. The Morgan fingerprint density at radius 3 is 2.32 bits per heavy atom. The summed E-state index contributed by atoms with van der Waals surface area (Å²) in [5, 5.41) is 3.90. The lowest BCUT2D eigenvalue weighted by atomic mass is 9.50. The molecule has 176 valence electrons. The van der Waals surface area contributed by atoms with Crippen LogP contribution in [0, 0.1) is 17.3 Å². The summed E-state index contributed by atoms with van der Waals surface area (Å²) in [6.07, 6.45) is 13.6. The predicted octanol–water partition coefficient (Wildman–Crippen LogP) is 7.42. The zero-order chi connectivity index (χ0) is 22.9. The molecule has 3 fully saturated rings. The highest BCUT2D eigenvalue weighted by Gasteiger charge is 2.51. The van der Waals surface area contributed by atoms with Crippen LogP contribution in [0.25, 0.3) is 0 Å². The molecule has 3 aliphatic carbocycles. The lowest BCUT2D eigenvalue weighted by molar-refractivity contribution is 0.0352. The van der Waals surface area contributed by atoms with E-state index in [1.54, 1.807) is 5.56 Å². The third-order valence-electron chi connectivity index (χ3n) is 7.72. The molecule has 4 atom stereocenters. The predicted molar refractivity (Wildman–Crippen MR) is 138 cm³/mol. The fourth-order valence-electron chi connectivity index (χ4n) is 6.82. The van der Waals surface area contributed by atoms with E-state index in [1.165, 1.54) is 77.0 Å². The molecule has 0 spiro atoms. The van der Waals surface area contributed by atoms with Crippen molar-refractivity contribution in [1.82, 2.24) is 5.32 Å². The molecule has 3 N–H and O–H groups in total. The van der Waals surface area contributed by atoms with E-state index in [4.69, 9.17) is 11.6 Å². The lowest BCUT2D eigenvalue weighted by Gasteiger charge is -2.55. The Hall–Kier alpha value is -0.990. The lowest BCUT2D eigenvalue weighted by Crippen LogP contribution is -2.49. The first-order valence-electron chi connectivity index (χ1n) is 12.6. The number of hydrogen-bond acceptors (Lipinski definition) is 2. The number of fused-ring (bicyclic) bond motifs is 2. The maximum atomic E-state index is 5.00. The van der Waals surface area contributed by atoms with Crippen molar-refractivity contribution in [2.45, 2.75) is 96.4 Å². The molecule has 3 aliphatic rings.